The molecule has 4 nitrogen and oxygen atoms in total. The van der Waals surface area contributed by atoms with Crippen LogP contribution in [-0.4, -0.2) is 22.6 Å². The van der Waals surface area contributed by atoms with Crippen LogP contribution in [0, 0.1) is 12.3 Å². The van der Waals surface area contributed by atoms with Crippen molar-refractivity contribution in [3.8, 4) is 0 Å². The Labute approximate surface area is 117 Å². The number of nitrogens with two attached hydrogens (primary N) is 1. The van der Waals surface area contributed by atoms with Crippen molar-refractivity contribution < 1.29 is 0 Å². The van der Waals surface area contributed by atoms with Crippen molar-refractivity contribution in [3.05, 3.63) is 17.6 Å². The van der Waals surface area contributed by atoms with Gasteiger partial charge in [-0.3, -0.25) is 0 Å². The molecule has 1 heterocycles. The molecule has 0 radical (unpaired) electrons. The molecule has 1 rings (SSSR count). The SMILES string of the molecule is Cc1cc(NC(CCN)C(C)(C)C)nc(C(C)C)n1. The van der Waals surface area contributed by atoms with Crippen molar-refractivity contribution in [1.82, 2.24) is 9.97 Å². The maximum Gasteiger partial charge on any atom is 0.133 e. The van der Waals surface area contributed by atoms with Crippen molar-refractivity contribution in [2.45, 2.75) is 59.9 Å². The van der Waals surface area contributed by atoms with E-state index in [-0.39, 0.29) is 5.41 Å². The first kappa shape index (κ1) is 15.9. The fourth-order valence-electron chi connectivity index (χ4n) is 1.99. The highest BCUT2D eigenvalue weighted by Crippen LogP contribution is 2.25. The average molecular weight is 264 g/mol. The van der Waals surface area contributed by atoms with E-state index in [4.69, 9.17) is 5.73 Å². The first-order chi connectivity index (χ1) is 8.74. The topological polar surface area (TPSA) is 63.8 Å². The van der Waals surface area contributed by atoms with Gasteiger partial charge in [0, 0.05) is 23.7 Å². The Hall–Kier alpha value is -1.16. The van der Waals surface area contributed by atoms with Gasteiger partial charge < -0.3 is 11.1 Å². The number of hydrogen-bond donors (Lipinski definition) is 2. The lowest BCUT2D eigenvalue weighted by Crippen LogP contribution is -2.36. The molecule has 0 aliphatic rings. The van der Waals surface area contributed by atoms with Crippen LogP contribution < -0.4 is 11.1 Å². The zero-order chi connectivity index (χ0) is 14.6. The van der Waals surface area contributed by atoms with Crippen LogP contribution in [0.5, 0.6) is 0 Å². The lowest BCUT2D eigenvalue weighted by atomic mass is 9.85. The number of aromatic nitrogens is 2. The van der Waals surface area contributed by atoms with Crippen molar-refractivity contribution in [2.24, 2.45) is 11.1 Å². The van der Waals surface area contributed by atoms with E-state index in [1.165, 1.54) is 0 Å². The van der Waals surface area contributed by atoms with E-state index in [1.54, 1.807) is 0 Å². The lowest BCUT2D eigenvalue weighted by Gasteiger charge is -2.32. The molecule has 0 amide bonds. The van der Waals surface area contributed by atoms with Gasteiger partial charge in [-0.25, -0.2) is 9.97 Å². The van der Waals surface area contributed by atoms with Gasteiger partial charge >= 0.3 is 0 Å². The molecule has 0 aliphatic heterocycles. The van der Waals surface area contributed by atoms with Crippen molar-refractivity contribution in [1.29, 1.82) is 0 Å². The Bertz CT molecular complexity index is 407. The average Bonchev–Trinajstić information content (AvgIpc) is 2.26. The molecule has 0 saturated heterocycles. The number of anilines is 1. The first-order valence-corrected chi connectivity index (χ1v) is 7.06. The molecule has 3 N–H and O–H groups in total. The summed E-state index contributed by atoms with van der Waals surface area (Å²) in [7, 11) is 0. The summed E-state index contributed by atoms with van der Waals surface area (Å²) in [5, 5.41) is 3.52. The van der Waals surface area contributed by atoms with Crippen LogP contribution in [0.4, 0.5) is 5.82 Å². The van der Waals surface area contributed by atoms with Gasteiger partial charge in [-0.05, 0) is 25.3 Å². The summed E-state index contributed by atoms with van der Waals surface area (Å²) in [6.07, 6.45) is 0.934. The third-order valence-corrected chi connectivity index (χ3v) is 3.21. The van der Waals surface area contributed by atoms with E-state index >= 15 is 0 Å². The predicted octanol–water partition coefficient (Wildman–Crippen LogP) is 3.08. The molecule has 1 aromatic heterocycles. The second-order valence-corrected chi connectivity index (χ2v) is 6.55. The van der Waals surface area contributed by atoms with Crippen LogP contribution in [0.25, 0.3) is 0 Å². The van der Waals surface area contributed by atoms with E-state index < -0.39 is 0 Å². The van der Waals surface area contributed by atoms with E-state index in [2.05, 4.69) is 49.9 Å². The van der Waals surface area contributed by atoms with Crippen LogP contribution in [0.3, 0.4) is 0 Å². The van der Waals surface area contributed by atoms with Gasteiger partial charge in [0.25, 0.3) is 0 Å². The summed E-state index contributed by atoms with van der Waals surface area (Å²) in [6, 6.07) is 2.31. The molecule has 1 unspecified atom stereocenters. The van der Waals surface area contributed by atoms with Gasteiger partial charge in [0.2, 0.25) is 0 Å². The Morgan fingerprint density at radius 2 is 1.89 bits per heavy atom. The Morgan fingerprint density at radius 3 is 2.37 bits per heavy atom. The minimum absolute atomic E-state index is 0.149. The monoisotopic (exact) mass is 264 g/mol. The highest BCUT2D eigenvalue weighted by molar-refractivity contribution is 5.38. The van der Waals surface area contributed by atoms with Crippen LogP contribution in [0.15, 0.2) is 6.07 Å². The molecule has 0 bridgehead atoms. The highest BCUT2D eigenvalue weighted by atomic mass is 15.1. The Kier molecular flexibility index (Phi) is 5.29. The third kappa shape index (κ3) is 4.78. The quantitative estimate of drug-likeness (QED) is 0.858. The maximum atomic E-state index is 5.72. The summed E-state index contributed by atoms with van der Waals surface area (Å²) >= 11 is 0. The molecule has 1 atom stereocenters. The molecule has 1 aromatic rings. The van der Waals surface area contributed by atoms with Crippen molar-refractivity contribution in [3.63, 3.8) is 0 Å². The van der Waals surface area contributed by atoms with E-state index in [9.17, 15) is 0 Å². The largest absolute Gasteiger partial charge is 0.367 e. The fourth-order valence-corrected chi connectivity index (χ4v) is 1.99. The van der Waals surface area contributed by atoms with Crippen molar-refractivity contribution >= 4 is 5.82 Å². The number of nitrogens with zero attached hydrogens (tertiary/aromatic N) is 2. The summed E-state index contributed by atoms with van der Waals surface area (Å²) in [5.74, 6) is 2.13. The second-order valence-electron chi connectivity index (χ2n) is 6.55. The van der Waals surface area contributed by atoms with Gasteiger partial charge in [0.15, 0.2) is 0 Å². The van der Waals surface area contributed by atoms with Crippen LogP contribution in [0.2, 0.25) is 0 Å². The molecule has 19 heavy (non-hydrogen) atoms. The minimum atomic E-state index is 0.149. The number of hydrogen-bond acceptors (Lipinski definition) is 4. The first-order valence-electron chi connectivity index (χ1n) is 7.06. The number of rotatable bonds is 5. The minimum Gasteiger partial charge on any atom is -0.367 e. The van der Waals surface area contributed by atoms with Gasteiger partial charge in [0.05, 0.1) is 0 Å². The van der Waals surface area contributed by atoms with Crippen molar-refractivity contribution in [2.75, 3.05) is 11.9 Å². The van der Waals surface area contributed by atoms with Crippen LogP contribution in [-0.2, 0) is 0 Å². The molecular formula is C15H28N4. The Balaban J connectivity index is 2.96. The third-order valence-electron chi connectivity index (χ3n) is 3.21. The summed E-state index contributed by atoms with van der Waals surface area (Å²) in [5.41, 5.74) is 6.87. The molecule has 0 saturated carbocycles. The molecule has 4 heteroatoms. The Morgan fingerprint density at radius 1 is 1.26 bits per heavy atom. The highest BCUT2D eigenvalue weighted by Gasteiger charge is 2.24. The maximum absolute atomic E-state index is 5.72. The standard InChI is InChI=1S/C15H28N4/c1-10(2)14-17-11(3)9-13(19-14)18-12(7-8-16)15(4,5)6/h9-10,12H,7-8,16H2,1-6H3,(H,17,18,19). The molecular weight excluding hydrogens is 236 g/mol. The summed E-state index contributed by atoms with van der Waals surface area (Å²) < 4.78 is 0. The zero-order valence-corrected chi connectivity index (χ0v) is 13.1. The molecule has 0 fully saturated rings. The van der Waals surface area contributed by atoms with Gasteiger partial charge in [-0.15, -0.1) is 0 Å². The fraction of sp³-hybridized carbons (Fsp3) is 0.733. The summed E-state index contributed by atoms with van der Waals surface area (Å²) in [6.45, 7) is 13.6. The lowest BCUT2D eigenvalue weighted by molar-refractivity contribution is 0.328. The van der Waals surface area contributed by atoms with Gasteiger partial charge in [-0.2, -0.15) is 0 Å². The zero-order valence-electron chi connectivity index (χ0n) is 13.1. The van der Waals surface area contributed by atoms with E-state index in [0.717, 1.165) is 23.8 Å². The smallest absolute Gasteiger partial charge is 0.133 e. The molecule has 0 aromatic carbocycles. The second kappa shape index (κ2) is 6.33. The van der Waals surface area contributed by atoms with E-state index in [0.29, 0.717) is 18.5 Å². The van der Waals surface area contributed by atoms with Crippen LogP contribution in [0.1, 0.15) is 58.5 Å². The number of aryl methyl sites for hydroxylation is 1. The van der Waals surface area contributed by atoms with E-state index in [1.807, 2.05) is 13.0 Å². The molecule has 0 aliphatic carbocycles. The molecule has 0 spiro atoms. The predicted molar refractivity (Wildman–Crippen MR) is 81.4 cm³/mol. The van der Waals surface area contributed by atoms with Crippen LogP contribution >= 0.6 is 0 Å². The number of nitrogens with one attached hydrogen (secondary N) is 1. The normalized spacial score (nSPS) is 13.7. The summed E-state index contributed by atoms with van der Waals surface area (Å²) in [4.78, 5) is 9.08. The van der Waals surface area contributed by atoms with Gasteiger partial charge in [-0.1, -0.05) is 34.6 Å². The molecule has 108 valence electrons. The van der Waals surface area contributed by atoms with Gasteiger partial charge in [0.1, 0.15) is 11.6 Å².